The third-order valence-corrected chi connectivity index (χ3v) is 4.52. The summed E-state index contributed by atoms with van der Waals surface area (Å²) in [4.78, 5) is 7.46. The SMILES string of the molecule is c1c[nH]c(CNC2CCCCC2C2CCCN2)n1. The van der Waals surface area contributed by atoms with E-state index >= 15 is 0 Å². The highest BCUT2D eigenvalue weighted by Crippen LogP contribution is 2.30. The second kappa shape index (κ2) is 5.85. The van der Waals surface area contributed by atoms with E-state index in [9.17, 15) is 0 Å². The Balaban J connectivity index is 1.57. The van der Waals surface area contributed by atoms with Crippen molar-refractivity contribution >= 4 is 0 Å². The summed E-state index contributed by atoms with van der Waals surface area (Å²) >= 11 is 0. The van der Waals surface area contributed by atoms with Gasteiger partial charge in [0.05, 0.1) is 6.54 Å². The fraction of sp³-hybridized carbons (Fsp3) is 0.786. The third kappa shape index (κ3) is 2.75. The first kappa shape index (κ1) is 12.2. The molecule has 0 radical (unpaired) electrons. The van der Waals surface area contributed by atoms with Gasteiger partial charge in [-0.1, -0.05) is 12.8 Å². The predicted octanol–water partition coefficient (Wildman–Crippen LogP) is 1.81. The summed E-state index contributed by atoms with van der Waals surface area (Å²) in [6.45, 7) is 2.09. The van der Waals surface area contributed by atoms with Crippen LogP contribution in [0.25, 0.3) is 0 Å². The van der Waals surface area contributed by atoms with Crippen molar-refractivity contribution in [1.29, 1.82) is 0 Å². The maximum atomic E-state index is 4.29. The van der Waals surface area contributed by atoms with Gasteiger partial charge in [0.2, 0.25) is 0 Å². The van der Waals surface area contributed by atoms with E-state index in [1.807, 2.05) is 12.4 Å². The van der Waals surface area contributed by atoms with Gasteiger partial charge in [-0.15, -0.1) is 0 Å². The first-order valence-corrected chi connectivity index (χ1v) is 7.38. The molecule has 1 aliphatic heterocycles. The molecule has 3 atom stereocenters. The molecule has 3 unspecified atom stereocenters. The van der Waals surface area contributed by atoms with Crippen LogP contribution in [0.3, 0.4) is 0 Å². The normalized spacial score (nSPS) is 32.8. The van der Waals surface area contributed by atoms with Gasteiger partial charge in [0.1, 0.15) is 5.82 Å². The number of nitrogens with zero attached hydrogens (tertiary/aromatic N) is 1. The molecule has 1 aromatic heterocycles. The van der Waals surface area contributed by atoms with E-state index in [1.54, 1.807) is 0 Å². The average molecular weight is 248 g/mol. The number of imidazole rings is 1. The molecule has 2 aliphatic rings. The summed E-state index contributed by atoms with van der Waals surface area (Å²) in [5, 5.41) is 7.40. The molecule has 4 nitrogen and oxygen atoms in total. The summed E-state index contributed by atoms with van der Waals surface area (Å²) in [5.74, 6) is 1.87. The van der Waals surface area contributed by atoms with Crippen LogP contribution in [0, 0.1) is 5.92 Å². The Morgan fingerprint density at radius 1 is 1.22 bits per heavy atom. The van der Waals surface area contributed by atoms with Gasteiger partial charge in [-0.3, -0.25) is 0 Å². The minimum atomic E-state index is 0.666. The Bertz CT molecular complexity index is 343. The maximum Gasteiger partial charge on any atom is 0.120 e. The largest absolute Gasteiger partial charge is 0.348 e. The molecule has 1 saturated heterocycles. The van der Waals surface area contributed by atoms with Gasteiger partial charge in [-0.05, 0) is 38.1 Å². The molecule has 1 saturated carbocycles. The number of hydrogen-bond donors (Lipinski definition) is 3. The van der Waals surface area contributed by atoms with Crippen molar-refractivity contribution in [3.05, 3.63) is 18.2 Å². The van der Waals surface area contributed by atoms with Gasteiger partial charge in [-0.2, -0.15) is 0 Å². The highest BCUT2D eigenvalue weighted by molar-refractivity contribution is 4.93. The average Bonchev–Trinajstić information content (AvgIpc) is 3.10. The number of aromatic amines is 1. The quantitative estimate of drug-likeness (QED) is 0.761. The van der Waals surface area contributed by atoms with Crippen molar-refractivity contribution in [3.8, 4) is 0 Å². The van der Waals surface area contributed by atoms with Crippen LogP contribution < -0.4 is 10.6 Å². The summed E-state index contributed by atoms with van der Waals surface area (Å²) in [7, 11) is 0. The van der Waals surface area contributed by atoms with Crippen LogP contribution in [0.15, 0.2) is 12.4 Å². The van der Waals surface area contributed by atoms with Crippen LogP contribution in [0.5, 0.6) is 0 Å². The zero-order chi connectivity index (χ0) is 12.2. The number of nitrogens with one attached hydrogen (secondary N) is 3. The zero-order valence-electron chi connectivity index (χ0n) is 11.0. The zero-order valence-corrected chi connectivity index (χ0v) is 11.0. The molecule has 0 amide bonds. The highest BCUT2D eigenvalue weighted by Gasteiger charge is 2.32. The van der Waals surface area contributed by atoms with E-state index in [0.29, 0.717) is 6.04 Å². The molecule has 100 valence electrons. The smallest absolute Gasteiger partial charge is 0.120 e. The second-order valence-corrected chi connectivity index (χ2v) is 5.67. The van der Waals surface area contributed by atoms with E-state index in [0.717, 1.165) is 24.3 Å². The predicted molar refractivity (Wildman–Crippen MR) is 72.2 cm³/mol. The van der Waals surface area contributed by atoms with E-state index in [4.69, 9.17) is 0 Å². The molecule has 2 fully saturated rings. The lowest BCUT2D eigenvalue weighted by atomic mass is 9.79. The van der Waals surface area contributed by atoms with Crippen LogP contribution in [-0.4, -0.2) is 28.6 Å². The Kier molecular flexibility index (Phi) is 3.96. The molecule has 0 spiro atoms. The monoisotopic (exact) mass is 248 g/mol. The number of rotatable bonds is 4. The summed E-state index contributed by atoms with van der Waals surface area (Å²) in [5.41, 5.74) is 0. The van der Waals surface area contributed by atoms with Gasteiger partial charge in [0, 0.05) is 24.5 Å². The van der Waals surface area contributed by atoms with Crippen LogP contribution in [0.2, 0.25) is 0 Å². The molecule has 18 heavy (non-hydrogen) atoms. The lowest BCUT2D eigenvalue weighted by molar-refractivity contribution is 0.213. The second-order valence-electron chi connectivity index (χ2n) is 5.67. The first-order valence-electron chi connectivity index (χ1n) is 7.38. The molecule has 4 heteroatoms. The van der Waals surface area contributed by atoms with E-state index < -0.39 is 0 Å². The standard InChI is InChI=1S/C14H24N4/c1-2-5-13(18-10-14-16-8-9-17-14)11(4-1)12-6-3-7-15-12/h8-9,11-13,15,18H,1-7,10H2,(H,16,17). The molecule has 3 rings (SSSR count). The molecular weight excluding hydrogens is 224 g/mol. The minimum Gasteiger partial charge on any atom is -0.348 e. The van der Waals surface area contributed by atoms with Gasteiger partial charge < -0.3 is 15.6 Å². The van der Waals surface area contributed by atoms with Crippen molar-refractivity contribution in [2.75, 3.05) is 6.54 Å². The number of hydrogen-bond acceptors (Lipinski definition) is 3. The van der Waals surface area contributed by atoms with Crippen molar-refractivity contribution in [1.82, 2.24) is 20.6 Å². The topological polar surface area (TPSA) is 52.7 Å². The number of H-pyrrole nitrogens is 1. The van der Waals surface area contributed by atoms with Gasteiger partial charge in [0.15, 0.2) is 0 Å². The first-order chi connectivity index (χ1) is 8.93. The van der Waals surface area contributed by atoms with E-state index in [1.165, 1.54) is 45.1 Å². The molecule has 2 heterocycles. The molecule has 1 aromatic rings. The Morgan fingerprint density at radius 2 is 2.17 bits per heavy atom. The van der Waals surface area contributed by atoms with Gasteiger partial charge in [-0.25, -0.2) is 4.98 Å². The van der Waals surface area contributed by atoms with E-state index in [-0.39, 0.29) is 0 Å². The Morgan fingerprint density at radius 3 is 2.94 bits per heavy atom. The van der Waals surface area contributed by atoms with Crippen molar-refractivity contribution in [2.45, 2.75) is 57.2 Å². The molecule has 3 N–H and O–H groups in total. The maximum absolute atomic E-state index is 4.29. The highest BCUT2D eigenvalue weighted by atomic mass is 15.0. The van der Waals surface area contributed by atoms with Gasteiger partial charge in [0.25, 0.3) is 0 Å². The lowest BCUT2D eigenvalue weighted by Gasteiger charge is -2.36. The minimum absolute atomic E-state index is 0.666. The van der Waals surface area contributed by atoms with Crippen molar-refractivity contribution in [2.24, 2.45) is 5.92 Å². The van der Waals surface area contributed by atoms with Crippen LogP contribution >= 0.6 is 0 Å². The van der Waals surface area contributed by atoms with Crippen LogP contribution in [0.4, 0.5) is 0 Å². The molecule has 0 bridgehead atoms. The Hall–Kier alpha value is -0.870. The summed E-state index contributed by atoms with van der Waals surface area (Å²) in [6, 6.07) is 1.42. The van der Waals surface area contributed by atoms with Crippen molar-refractivity contribution < 1.29 is 0 Å². The number of aromatic nitrogens is 2. The van der Waals surface area contributed by atoms with Gasteiger partial charge >= 0.3 is 0 Å². The van der Waals surface area contributed by atoms with E-state index in [2.05, 4.69) is 20.6 Å². The fourth-order valence-corrected chi connectivity index (χ4v) is 3.59. The Labute approximate surface area is 109 Å². The lowest BCUT2D eigenvalue weighted by Crippen LogP contribution is -2.46. The third-order valence-electron chi connectivity index (χ3n) is 4.52. The summed E-state index contributed by atoms with van der Waals surface area (Å²) < 4.78 is 0. The molecule has 0 aromatic carbocycles. The summed E-state index contributed by atoms with van der Waals surface area (Å²) in [6.07, 6.45) is 11.9. The van der Waals surface area contributed by atoms with Crippen molar-refractivity contribution in [3.63, 3.8) is 0 Å². The molecular formula is C14H24N4. The van der Waals surface area contributed by atoms with Crippen LogP contribution in [-0.2, 0) is 6.54 Å². The molecule has 1 aliphatic carbocycles. The fourth-order valence-electron chi connectivity index (χ4n) is 3.59. The van der Waals surface area contributed by atoms with Crippen LogP contribution in [0.1, 0.15) is 44.3 Å².